The largest absolute Gasteiger partial charge is 0.361 e. The molecule has 188 valence electrons. The molecular weight excluding hydrogens is 497 g/mol. The Balaban J connectivity index is 1.51. The average Bonchev–Trinajstić information content (AvgIpc) is 3.43. The molecule has 7 nitrogen and oxygen atoms in total. The molecule has 2 aromatic heterocycles. The molecule has 0 saturated heterocycles. The quantitative estimate of drug-likeness (QED) is 0.221. The van der Waals surface area contributed by atoms with E-state index in [1.165, 1.54) is 6.07 Å². The third kappa shape index (κ3) is 4.36. The Morgan fingerprint density at radius 2 is 1.94 bits per heavy atom. The van der Waals surface area contributed by atoms with Gasteiger partial charge in [0.15, 0.2) is 0 Å². The summed E-state index contributed by atoms with van der Waals surface area (Å²) in [7, 11) is 0.613. The number of aryl methyl sites for hydroxylation is 2. The molecule has 0 N–H and O–H groups in total. The van der Waals surface area contributed by atoms with Crippen LogP contribution in [-0.4, -0.2) is 39.9 Å². The summed E-state index contributed by atoms with van der Waals surface area (Å²) < 4.78 is 24.7. The highest BCUT2D eigenvalue weighted by Gasteiger charge is 2.44. The van der Waals surface area contributed by atoms with Gasteiger partial charge in [-0.15, -0.1) is 0 Å². The van der Waals surface area contributed by atoms with Crippen molar-refractivity contribution in [2.24, 2.45) is 7.05 Å². The molecule has 1 unspecified atom stereocenters. The van der Waals surface area contributed by atoms with Crippen molar-refractivity contribution in [1.82, 2.24) is 19.3 Å². The summed E-state index contributed by atoms with van der Waals surface area (Å²) in [6.45, 7) is 9.89. The SMILES string of the molecule is Cc1nn(C)c2c1C(=O)N(c1ccc3c(c1)ncn3COCC[Si](C)(C)C)C2c1ccc(Cl)cc1F. The van der Waals surface area contributed by atoms with Crippen molar-refractivity contribution in [3.63, 3.8) is 0 Å². The first kappa shape index (κ1) is 24.7. The summed E-state index contributed by atoms with van der Waals surface area (Å²) in [4.78, 5) is 19.8. The molecule has 4 aromatic rings. The molecular formula is C26H29ClFN5O2Si. The van der Waals surface area contributed by atoms with E-state index in [1.54, 1.807) is 42.0 Å². The van der Waals surface area contributed by atoms with Crippen LogP contribution in [0.3, 0.4) is 0 Å². The number of ether oxygens (including phenoxy) is 1. The van der Waals surface area contributed by atoms with Gasteiger partial charge in [0.2, 0.25) is 0 Å². The number of nitrogens with zero attached hydrogens (tertiary/aromatic N) is 5. The number of rotatable bonds is 7. The Hall–Kier alpha value is -3.01. The summed E-state index contributed by atoms with van der Waals surface area (Å²) in [5.41, 5.74) is 4.39. The van der Waals surface area contributed by atoms with Gasteiger partial charge in [-0.1, -0.05) is 37.3 Å². The van der Waals surface area contributed by atoms with Gasteiger partial charge in [0.1, 0.15) is 18.6 Å². The lowest BCUT2D eigenvalue weighted by Gasteiger charge is -2.27. The number of aromatic nitrogens is 4. The zero-order valence-electron chi connectivity index (χ0n) is 21.0. The van der Waals surface area contributed by atoms with Crippen molar-refractivity contribution < 1.29 is 13.9 Å². The van der Waals surface area contributed by atoms with Gasteiger partial charge >= 0.3 is 0 Å². The fourth-order valence-corrected chi connectivity index (χ4v) is 5.65. The van der Waals surface area contributed by atoms with Crippen LogP contribution in [0.2, 0.25) is 30.7 Å². The fraction of sp³-hybridized carbons (Fsp3) is 0.346. The highest BCUT2D eigenvalue weighted by Crippen LogP contribution is 2.44. The summed E-state index contributed by atoms with van der Waals surface area (Å²) in [5.74, 6) is -0.693. The van der Waals surface area contributed by atoms with Crippen LogP contribution in [-0.2, 0) is 18.5 Å². The first-order valence-electron chi connectivity index (χ1n) is 11.9. The Labute approximate surface area is 215 Å². The number of amides is 1. The molecule has 1 aliphatic rings. The van der Waals surface area contributed by atoms with Gasteiger partial charge in [0.05, 0.1) is 34.3 Å². The number of hydrogen-bond donors (Lipinski definition) is 0. The lowest BCUT2D eigenvalue weighted by atomic mass is 10.0. The van der Waals surface area contributed by atoms with E-state index in [-0.39, 0.29) is 5.91 Å². The van der Waals surface area contributed by atoms with E-state index in [4.69, 9.17) is 16.3 Å². The molecule has 0 radical (unpaired) electrons. The molecule has 5 rings (SSSR count). The monoisotopic (exact) mass is 525 g/mol. The Morgan fingerprint density at radius 3 is 2.67 bits per heavy atom. The zero-order chi connectivity index (χ0) is 25.8. The van der Waals surface area contributed by atoms with Gasteiger partial charge in [0.25, 0.3) is 5.91 Å². The number of fused-ring (bicyclic) bond motifs is 2. The molecule has 10 heteroatoms. The van der Waals surface area contributed by atoms with Crippen molar-refractivity contribution in [1.29, 1.82) is 0 Å². The van der Waals surface area contributed by atoms with Crippen molar-refractivity contribution in [2.45, 2.75) is 45.4 Å². The van der Waals surface area contributed by atoms with Crippen LogP contribution in [0.1, 0.15) is 33.4 Å². The van der Waals surface area contributed by atoms with E-state index in [0.717, 1.165) is 23.7 Å². The fourth-order valence-electron chi connectivity index (χ4n) is 4.74. The smallest absolute Gasteiger partial charge is 0.263 e. The van der Waals surface area contributed by atoms with Gasteiger partial charge in [-0.25, -0.2) is 9.37 Å². The van der Waals surface area contributed by atoms with Gasteiger partial charge < -0.3 is 9.30 Å². The molecule has 0 bridgehead atoms. The van der Waals surface area contributed by atoms with Gasteiger partial charge in [-0.3, -0.25) is 14.4 Å². The van der Waals surface area contributed by atoms with Crippen LogP contribution in [0.5, 0.6) is 0 Å². The summed E-state index contributed by atoms with van der Waals surface area (Å²) in [5, 5.41) is 4.73. The molecule has 1 amide bonds. The second-order valence-electron chi connectivity index (χ2n) is 10.4. The minimum atomic E-state index is -1.16. The highest BCUT2D eigenvalue weighted by atomic mass is 35.5. The molecule has 1 aliphatic heterocycles. The van der Waals surface area contributed by atoms with Gasteiger partial charge in [0, 0.05) is 38.0 Å². The van der Waals surface area contributed by atoms with Crippen LogP contribution in [0.15, 0.2) is 42.7 Å². The van der Waals surface area contributed by atoms with Crippen molar-refractivity contribution in [3.05, 3.63) is 76.1 Å². The molecule has 3 heterocycles. The maximum absolute atomic E-state index is 15.1. The van der Waals surface area contributed by atoms with E-state index in [9.17, 15) is 4.79 Å². The average molecular weight is 526 g/mol. The van der Waals surface area contributed by atoms with Crippen LogP contribution < -0.4 is 4.90 Å². The maximum atomic E-state index is 15.1. The molecule has 36 heavy (non-hydrogen) atoms. The normalized spacial score (nSPS) is 15.8. The third-order valence-corrected chi connectivity index (χ3v) is 8.52. The van der Waals surface area contributed by atoms with Gasteiger partial charge in [-0.2, -0.15) is 5.10 Å². The van der Waals surface area contributed by atoms with E-state index in [0.29, 0.717) is 40.0 Å². The Morgan fingerprint density at radius 1 is 1.17 bits per heavy atom. The van der Waals surface area contributed by atoms with Crippen molar-refractivity contribution >= 4 is 42.3 Å². The molecule has 1 atom stereocenters. The lowest BCUT2D eigenvalue weighted by molar-refractivity contribution is 0.0898. The molecule has 0 fully saturated rings. The third-order valence-electron chi connectivity index (χ3n) is 6.58. The molecule has 0 saturated carbocycles. The van der Waals surface area contributed by atoms with Crippen molar-refractivity contribution in [3.8, 4) is 0 Å². The predicted molar refractivity (Wildman–Crippen MR) is 142 cm³/mol. The number of benzene rings is 2. The lowest BCUT2D eigenvalue weighted by Crippen LogP contribution is -2.30. The number of imidazole rings is 1. The highest BCUT2D eigenvalue weighted by molar-refractivity contribution is 6.76. The Bertz CT molecular complexity index is 1480. The van der Waals surface area contributed by atoms with Crippen LogP contribution in [0.4, 0.5) is 10.1 Å². The number of carbonyl (C=O) groups is 1. The number of hydrogen-bond acceptors (Lipinski definition) is 4. The molecule has 2 aromatic carbocycles. The maximum Gasteiger partial charge on any atom is 0.263 e. The topological polar surface area (TPSA) is 65.2 Å². The van der Waals surface area contributed by atoms with E-state index < -0.39 is 19.9 Å². The van der Waals surface area contributed by atoms with E-state index in [2.05, 4.69) is 29.7 Å². The van der Waals surface area contributed by atoms with Crippen molar-refractivity contribution in [2.75, 3.05) is 11.5 Å². The molecule has 0 aliphatic carbocycles. The predicted octanol–water partition coefficient (Wildman–Crippen LogP) is 5.93. The second-order valence-corrected chi connectivity index (χ2v) is 16.5. The minimum absolute atomic E-state index is 0.219. The van der Waals surface area contributed by atoms with Gasteiger partial charge in [-0.05, 0) is 43.3 Å². The number of carbonyl (C=O) groups excluding carboxylic acids is 1. The summed E-state index contributed by atoms with van der Waals surface area (Å²) in [6.07, 6.45) is 1.74. The van der Waals surface area contributed by atoms with Crippen LogP contribution in [0, 0.1) is 12.7 Å². The Kier molecular flexibility index (Phi) is 6.26. The first-order valence-corrected chi connectivity index (χ1v) is 16.0. The van der Waals surface area contributed by atoms with Crippen LogP contribution in [0.25, 0.3) is 11.0 Å². The molecule has 0 spiro atoms. The van der Waals surface area contributed by atoms with Crippen LogP contribution >= 0.6 is 11.6 Å². The van der Waals surface area contributed by atoms with E-state index in [1.807, 2.05) is 22.8 Å². The second kappa shape index (κ2) is 9.13. The first-order chi connectivity index (χ1) is 17.0. The standard InChI is InChI=1S/C26H29ClFN5O2Si/c1-16-23-25(31(2)30-16)24(19-8-6-17(27)12-20(19)28)33(26(23)34)18-7-9-22-21(13-18)29-14-32(22)15-35-10-11-36(3,4)5/h6-9,12-14,24H,10-11,15H2,1-5H3. The summed E-state index contributed by atoms with van der Waals surface area (Å²) in [6, 6.07) is 10.6. The number of anilines is 1. The number of halogens is 2. The summed E-state index contributed by atoms with van der Waals surface area (Å²) >= 11 is 6.02. The van der Waals surface area contributed by atoms with E-state index >= 15 is 4.39 Å². The zero-order valence-corrected chi connectivity index (χ0v) is 22.8. The minimum Gasteiger partial charge on any atom is -0.361 e.